The molecule has 30 heavy (non-hydrogen) atoms. The number of amides is 2. The molecule has 2 aromatic rings. The fraction of sp³-hybridized carbons (Fsp3) is 0.417. The number of rotatable bonds is 11. The maximum atomic E-state index is 13.1. The third-order valence-corrected chi connectivity index (χ3v) is 5.08. The van der Waals surface area contributed by atoms with Gasteiger partial charge in [0.2, 0.25) is 11.8 Å². The number of nitrogens with zero attached hydrogens (tertiary/aromatic N) is 1. The quantitative estimate of drug-likeness (QED) is 0.615. The van der Waals surface area contributed by atoms with Crippen LogP contribution in [0.4, 0.5) is 0 Å². The van der Waals surface area contributed by atoms with Gasteiger partial charge in [0, 0.05) is 19.5 Å². The van der Waals surface area contributed by atoms with E-state index in [1.165, 1.54) is 0 Å². The molecule has 1 N–H and O–H groups in total. The minimum Gasteiger partial charge on any atom is -0.493 e. The molecule has 2 aromatic carbocycles. The summed E-state index contributed by atoms with van der Waals surface area (Å²) in [5.41, 5.74) is 2.12. The van der Waals surface area contributed by atoms with Crippen molar-refractivity contribution >= 4 is 11.8 Å². The van der Waals surface area contributed by atoms with E-state index >= 15 is 0 Å². The van der Waals surface area contributed by atoms with Crippen LogP contribution in [0.2, 0.25) is 0 Å². The average molecular weight is 413 g/mol. The Kier molecular flexibility index (Phi) is 9.19. The molecule has 1 atom stereocenters. The number of benzene rings is 2. The van der Waals surface area contributed by atoms with E-state index in [4.69, 9.17) is 9.47 Å². The Balaban J connectivity index is 2.08. The molecule has 0 radical (unpaired) electrons. The van der Waals surface area contributed by atoms with Gasteiger partial charge in [0.05, 0.1) is 14.2 Å². The van der Waals surface area contributed by atoms with E-state index in [1.807, 2.05) is 55.5 Å². The van der Waals surface area contributed by atoms with Crippen LogP contribution in [0, 0.1) is 0 Å². The lowest BCUT2D eigenvalue weighted by Gasteiger charge is -2.28. The molecule has 0 fully saturated rings. The zero-order chi connectivity index (χ0) is 21.9. The third-order valence-electron chi connectivity index (χ3n) is 5.08. The van der Waals surface area contributed by atoms with Gasteiger partial charge in [0.25, 0.3) is 0 Å². The monoisotopic (exact) mass is 412 g/mol. The zero-order valence-corrected chi connectivity index (χ0v) is 18.3. The van der Waals surface area contributed by atoms with Gasteiger partial charge >= 0.3 is 0 Å². The predicted octanol–water partition coefficient (Wildman–Crippen LogP) is 3.23. The largest absolute Gasteiger partial charge is 0.493 e. The number of likely N-dealkylation sites (N-methyl/N-ethyl adjacent to an activating group) is 1. The molecule has 2 rings (SSSR count). The molecule has 0 saturated carbocycles. The fourth-order valence-corrected chi connectivity index (χ4v) is 3.32. The van der Waals surface area contributed by atoms with Crippen LogP contribution in [0.5, 0.6) is 11.5 Å². The third kappa shape index (κ3) is 6.51. The normalized spacial score (nSPS) is 11.5. The summed E-state index contributed by atoms with van der Waals surface area (Å²) in [5.74, 6) is 1.12. The molecule has 0 saturated heterocycles. The Bertz CT molecular complexity index is 823. The van der Waals surface area contributed by atoms with Crippen LogP contribution in [0.15, 0.2) is 48.5 Å². The summed E-state index contributed by atoms with van der Waals surface area (Å²) in [4.78, 5) is 27.1. The zero-order valence-electron chi connectivity index (χ0n) is 18.3. The molecule has 0 aliphatic heterocycles. The maximum Gasteiger partial charge on any atom is 0.242 e. The summed E-state index contributed by atoms with van der Waals surface area (Å²) in [5, 5.41) is 2.82. The van der Waals surface area contributed by atoms with E-state index in [-0.39, 0.29) is 11.8 Å². The minimum absolute atomic E-state index is 0.0422. The lowest BCUT2D eigenvalue weighted by molar-refractivity contribution is -0.139. The van der Waals surface area contributed by atoms with Gasteiger partial charge < -0.3 is 19.7 Å². The minimum atomic E-state index is -0.522. The number of methoxy groups -OCH3 is 2. The van der Waals surface area contributed by atoms with Gasteiger partial charge in [-0.15, -0.1) is 0 Å². The van der Waals surface area contributed by atoms with Crippen LogP contribution < -0.4 is 14.8 Å². The van der Waals surface area contributed by atoms with Gasteiger partial charge in [0.15, 0.2) is 11.5 Å². The summed E-state index contributed by atoms with van der Waals surface area (Å²) in [6, 6.07) is 15.1. The van der Waals surface area contributed by atoms with Crippen molar-refractivity contribution in [1.29, 1.82) is 0 Å². The number of ether oxygens (including phenoxy) is 2. The maximum absolute atomic E-state index is 13.1. The topological polar surface area (TPSA) is 67.9 Å². The van der Waals surface area contributed by atoms with Gasteiger partial charge in [-0.3, -0.25) is 9.59 Å². The van der Waals surface area contributed by atoms with Crippen LogP contribution in [0.3, 0.4) is 0 Å². The van der Waals surface area contributed by atoms with Gasteiger partial charge in [-0.2, -0.15) is 0 Å². The molecular weight excluding hydrogens is 380 g/mol. The molecule has 0 aliphatic rings. The van der Waals surface area contributed by atoms with E-state index in [0.717, 1.165) is 11.1 Å². The van der Waals surface area contributed by atoms with Crippen molar-refractivity contribution in [2.45, 2.75) is 39.2 Å². The van der Waals surface area contributed by atoms with E-state index in [1.54, 1.807) is 26.0 Å². The number of hydrogen-bond donors (Lipinski definition) is 1. The second-order valence-corrected chi connectivity index (χ2v) is 7.08. The van der Waals surface area contributed by atoms with Crippen LogP contribution in [0.25, 0.3) is 0 Å². The SMILES string of the molecule is CCNC(=O)[C@@H](C)N(CCc1ccccc1)C(=O)CCc1ccc(OC)c(OC)c1. The van der Waals surface area contributed by atoms with Gasteiger partial charge in [-0.25, -0.2) is 0 Å². The summed E-state index contributed by atoms with van der Waals surface area (Å²) in [6.07, 6.45) is 1.57. The van der Waals surface area contributed by atoms with Crippen molar-refractivity contribution in [2.24, 2.45) is 0 Å². The summed E-state index contributed by atoms with van der Waals surface area (Å²) in [6.45, 7) is 4.69. The lowest BCUT2D eigenvalue weighted by Crippen LogP contribution is -2.48. The Morgan fingerprint density at radius 2 is 1.67 bits per heavy atom. The van der Waals surface area contributed by atoms with E-state index in [9.17, 15) is 9.59 Å². The Morgan fingerprint density at radius 1 is 0.967 bits per heavy atom. The van der Waals surface area contributed by atoms with Crippen molar-refractivity contribution in [3.8, 4) is 11.5 Å². The number of nitrogens with one attached hydrogen (secondary N) is 1. The first-order valence-electron chi connectivity index (χ1n) is 10.3. The second-order valence-electron chi connectivity index (χ2n) is 7.08. The predicted molar refractivity (Wildman–Crippen MR) is 118 cm³/mol. The highest BCUT2D eigenvalue weighted by Crippen LogP contribution is 2.28. The number of aryl methyl sites for hydroxylation is 1. The summed E-state index contributed by atoms with van der Waals surface area (Å²) < 4.78 is 10.6. The second kappa shape index (κ2) is 11.9. The molecular formula is C24H32N2O4. The Morgan fingerprint density at radius 3 is 2.30 bits per heavy atom. The highest BCUT2D eigenvalue weighted by atomic mass is 16.5. The number of carbonyl (C=O) groups is 2. The highest BCUT2D eigenvalue weighted by Gasteiger charge is 2.25. The molecule has 0 aliphatic carbocycles. The van der Waals surface area contributed by atoms with E-state index in [2.05, 4.69) is 5.32 Å². The summed E-state index contributed by atoms with van der Waals surface area (Å²) >= 11 is 0. The molecule has 6 nitrogen and oxygen atoms in total. The molecule has 0 aromatic heterocycles. The lowest BCUT2D eigenvalue weighted by atomic mass is 10.1. The Labute approximate surface area is 179 Å². The standard InChI is InChI=1S/C24H32N2O4/c1-5-25-24(28)18(2)26(16-15-19-9-7-6-8-10-19)23(27)14-12-20-11-13-21(29-3)22(17-20)30-4/h6-11,13,17-18H,5,12,14-16H2,1-4H3,(H,25,28)/t18-/m1/s1. The van der Waals surface area contributed by atoms with Crippen molar-refractivity contribution in [3.05, 3.63) is 59.7 Å². The molecule has 0 spiro atoms. The smallest absolute Gasteiger partial charge is 0.242 e. The van der Waals surface area contributed by atoms with E-state index < -0.39 is 6.04 Å². The van der Waals surface area contributed by atoms with Crippen molar-refractivity contribution < 1.29 is 19.1 Å². The van der Waals surface area contributed by atoms with Crippen molar-refractivity contribution in [3.63, 3.8) is 0 Å². The molecule has 0 bridgehead atoms. The van der Waals surface area contributed by atoms with Crippen LogP contribution in [-0.4, -0.2) is 50.1 Å². The van der Waals surface area contributed by atoms with Crippen molar-refractivity contribution in [2.75, 3.05) is 27.3 Å². The van der Waals surface area contributed by atoms with Crippen LogP contribution in [0.1, 0.15) is 31.4 Å². The molecule has 0 heterocycles. The summed E-state index contributed by atoms with van der Waals surface area (Å²) in [7, 11) is 3.18. The fourth-order valence-electron chi connectivity index (χ4n) is 3.32. The number of hydrogen-bond acceptors (Lipinski definition) is 4. The van der Waals surface area contributed by atoms with Crippen molar-refractivity contribution in [1.82, 2.24) is 10.2 Å². The Hall–Kier alpha value is -3.02. The van der Waals surface area contributed by atoms with Gasteiger partial charge in [0.1, 0.15) is 6.04 Å². The first-order valence-corrected chi connectivity index (χ1v) is 10.3. The first-order chi connectivity index (χ1) is 14.5. The van der Waals surface area contributed by atoms with Gasteiger partial charge in [-0.05, 0) is 49.9 Å². The molecule has 162 valence electrons. The highest BCUT2D eigenvalue weighted by molar-refractivity contribution is 5.87. The van der Waals surface area contributed by atoms with E-state index in [0.29, 0.717) is 43.9 Å². The van der Waals surface area contributed by atoms with Crippen LogP contribution in [-0.2, 0) is 22.4 Å². The van der Waals surface area contributed by atoms with Gasteiger partial charge in [-0.1, -0.05) is 36.4 Å². The molecule has 0 unspecified atom stereocenters. The van der Waals surface area contributed by atoms with Crippen LogP contribution >= 0.6 is 0 Å². The molecule has 2 amide bonds. The average Bonchev–Trinajstić information content (AvgIpc) is 2.78. The first kappa shape index (κ1) is 23.3. The molecule has 6 heteroatoms. The number of carbonyl (C=O) groups excluding carboxylic acids is 2.